The number of anilines is 3. The molecule has 0 saturated carbocycles. The van der Waals surface area contributed by atoms with Gasteiger partial charge in [0.2, 0.25) is 0 Å². The Hall–Kier alpha value is -5.15. The molecule has 0 spiro atoms. The second-order valence-corrected chi connectivity index (χ2v) is 11.7. The van der Waals surface area contributed by atoms with Crippen LogP contribution in [0.25, 0.3) is 22.2 Å². The second-order valence-electron chi connectivity index (χ2n) is 11.7. The molecule has 48 heavy (non-hydrogen) atoms. The number of carbonyl (C=O) groups excluding carboxylic acids is 1. The van der Waals surface area contributed by atoms with Gasteiger partial charge in [-0.3, -0.25) is 9.36 Å². The fraction of sp³-hybridized carbons (Fsp3) is 0.308. The highest BCUT2D eigenvalue weighted by molar-refractivity contribution is 6.07. The molecule has 0 fully saturated rings. The monoisotopic (exact) mass is 647 g/mol. The van der Waals surface area contributed by atoms with E-state index in [1.807, 2.05) is 92.7 Å². The number of nitrogens with one attached hydrogen (secondary N) is 2. The Morgan fingerprint density at radius 3 is 2.33 bits per heavy atom. The van der Waals surface area contributed by atoms with Gasteiger partial charge in [-0.05, 0) is 77.9 Å². The molecule has 250 valence electrons. The van der Waals surface area contributed by atoms with Crippen LogP contribution < -0.4 is 26.7 Å². The number of hydrogen-bond donors (Lipinski definition) is 3. The minimum atomic E-state index is -0.504. The number of aromatic nitrogens is 2. The molecule has 3 aromatic carbocycles. The van der Waals surface area contributed by atoms with Gasteiger partial charge in [-0.1, -0.05) is 69.7 Å². The molecule has 2 aromatic heterocycles. The number of nitrogens with zero attached hydrogens (tertiary/aromatic N) is 2. The van der Waals surface area contributed by atoms with Gasteiger partial charge >= 0.3 is 6.03 Å². The maximum Gasteiger partial charge on any atom is 0.323 e. The number of hydrogen-bond acceptors (Lipinski definition) is 6. The molecule has 2 amide bonds. The smallest absolute Gasteiger partial charge is 0.323 e. The Labute approximate surface area is 282 Å². The zero-order valence-electron chi connectivity index (χ0n) is 28.1. The molecular weight excluding hydrogens is 602 g/mol. The SMILES string of the molecule is CCCCn1c(=O)c(NC(=O)Nc2c(CC)cc(N)cc2CC)c(-c2cccc(OCCCOCc3ccccc3)c2)c2cccnc21. The summed E-state index contributed by atoms with van der Waals surface area (Å²) in [5, 5.41) is 6.74. The standard InChI is InChI=1S/C39H45N5O4/c1-4-7-20-44-37-33(18-12-19-41-37)34(30-16-11-17-32(25-30)48-22-13-21-47-26-27-14-9-8-10-15-27)36(38(44)45)43-39(46)42-35-28(5-2)23-31(40)24-29(35)6-3/h8-12,14-19,23-25H,4-7,13,20-22,26,40H2,1-3H3,(H2,42,43,46). The molecule has 0 saturated heterocycles. The number of ether oxygens (including phenoxy) is 2. The van der Waals surface area contributed by atoms with Crippen molar-refractivity contribution in [3.63, 3.8) is 0 Å². The predicted octanol–water partition coefficient (Wildman–Crippen LogP) is 8.20. The first-order chi connectivity index (χ1) is 23.4. The summed E-state index contributed by atoms with van der Waals surface area (Å²) in [5.74, 6) is 0.653. The van der Waals surface area contributed by atoms with Crippen LogP contribution in [0.2, 0.25) is 0 Å². The van der Waals surface area contributed by atoms with Crippen LogP contribution in [-0.4, -0.2) is 28.8 Å². The number of nitrogen functional groups attached to an aromatic ring is 1. The summed E-state index contributed by atoms with van der Waals surface area (Å²) in [6, 6.07) is 24.7. The van der Waals surface area contributed by atoms with E-state index in [9.17, 15) is 9.59 Å². The predicted molar refractivity (Wildman–Crippen MR) is 195 cm³/mol. The van der Waals surface area contributed by atoms with Gasteiger partial charge in [0.05, 0.1) is 19.8 Å². The Morgan fingerprint density at radius 2 is 1.60 bits per heavy atom. The third-order valence-electron chi connectivity index (χ3n) is 8.25. The molecular formula is C39H45N5O4. The van der Waals surface area contributed by atoms with Gasteiger partial charge in [0.1, 0.15) is 17.1 Å². The van der Waals surface area contributed by atoms with Crippen LogP contribution in [0.5, 0.6) is 5.75 Å². The number of fused-ring (bicyclic) bond motifs is 1. The normalized spacial score (nSPS) is 11.1. The number of nitrogens with two attached hydrogens (primary N) is 1. The minimum absolute atomic E-state index is 0.183. The van der Waals surface area contributed by atoms with Gasteiger partial charge in [-0.25, -0.2) is 9.78 Å². The highest BCUT2D eigenvalue weighted by Crippen LogP contribution is 2.35. The molecule has 0 aliphatic carbocycles. The highest BCUT2D eigenvalue weighted by Gasteiger charge is 2.22. The van der Waals surface area contributed by atoms with Crippen molar-refractivity contribution in [3.05, 3.63) is 112 Å². The Morgan fingerprint density at radius 1 is 0.854 bits per heavy atom. The first-order valence-corrected chi connectivity index (χ1v) is 16.8. The molecule has 5 aromatic rings. The summed E-state index contributed by atoms with van der Waals surface area (Å²) in [6.45, 7) is 8.18. The van der Waals surface area contributed by atoms with Gasteiger partial charge in [0.15, 0.2) is 0 Å². The topological polar surface area (TPSA) is 121 Å². The van der Waals surface area contributed by atoms with Crippen LogP contribution in [0.3, 0.4) is 0 Å². The molecule has 0 atom stereocenters. The number of benzene rings is 3. The first-order valence-electron chi connectivity index (χ1n) is 16.8. The highest BCUT2D eigenvalue weighted by atomic mass is 16.5. The molecule has 0 bridgehead atoms. The number of aryl methyl sites for hydroxylation is 3. The Bertz CT molecular complexity index is 1880. The van der Waals surface area contributed by atoms with E-state index in [4.69, 9.17) is 15.2 Å². The van der Waals surface area contributed by atoms with E-state index in [1.54, 1.807) is 10.8 Å². The van der Waals surface area contributed by atoms with Crippen molar-refractivity contribution >= 4 is 34.1 Å². The summed E-state index contributed by atoms with van der Waals surface area (Å²) < 4.78 is 13.6. The lowest BCUT2D eigenvalue weighted by Gasteiger charge is -2.20. The van der Waals surface area contributed by atoms with Crippen molar-refractivity contribution in [2.24, 2.45) is 0 Å². The van der Waals surface area contributed by atoms with Crippen LogP contribution >= 0.6 is 0 Å². The summed E-state index contributed by atoms with van der Waals surface area (Å²) in [7, 11) is 0. The van der Waals surface area contributed by atoms with E-state index in [-0.39, 0.29) is 11.2 Å². The summed E-state index contributed by atoms with van der Waals surface area (Å²) >= 11 is 0. The van der Waals surface area contributed by atoms with E-state index in [0.717, 1.165) is 46.9 Å². The van der Waals surface area contributed by atoms with Crippen molar-refractivity contribution in [3.8, 4) is 16.9 Å². The number of pyridine rings is 2. The first kappa shape index (κ1) is 34.2. The largest absolute Gasteiger partial charge is 0.493 e. The minimum Gasteiger partial charge on any atom is -0.493 e. The lowest BCUT2D eigenvalue weighted by molar-refractivity contribution is 0.107. The molecule has 5 rings (SSSR count). The summed E-state index contributed by atoms with van der Waals surface area (Å²) in [5.41, 5.74) is 12.3. The summed E-state index contributed by atoms with van der Waals surface area (Å²) in [4.78, 5) is 32.6. The van der Waals surface area contributed by atoms with Crippen molar-refractivity contribution in [1.29, 1.82) is 0 Å². The quantitative estimate of drug-likeness (QED) is 0.0778. The summed E-state index contributed by atoms with van der Waals surface area (Å²) in [6.07, 6.45) is 5.48. The van der Waals surface area contributed by atoms with Crippen LogP contribution in [0, 0.1) is 0 Å². The molecule has 0 aliphatic heterocycles. The number of rotatable bonds is 15. The van der Waals surface area contributed by atoms with E-state index in [2.05, 4.69) is 22.5 Å². The third-order valence-corrected chi connectivity index (χ3v) is 8.25. The van der Waals surface area contributed by atoms with Crippen LogP contribution in [0.1, 0.15) is 56.7 Å². The van der Waals surface area contributed by atoms with Crippen molar-refractivity contribution in [2.45, 2.75) is 66.0 Å². The fourth-order valence-corrected chi connectivity index (χ4v) is 5.85. The van der Waals surface area contributed by atoms with Crippen LogP contribution in [0.4, 0.5) is 21.9 Å². The lowest BCUT2D eigenvalue weighted by Crippen LogP contribution is -2.30. The Kier molecular flexibility index (Phi) is 11.8. The second kappa shape index (κ2) is 16.6. The maximum atomic E-state index is 14.2. The number of unbranched alkanes of at least 4 members (excludes halogenated alkanes) is 1. The number of urea groups is 1. The zero-order valence-corrected chi connectivity index (χ0v) is 28.1. The fourth-order valence-electron chi connectivity index (χ4n) is 5.85. The molecule has 9 nitrogen and oxygen atoms in total. The van der Waals surface area contributed by atoms with E-state index < -0.39 is 6.03 Å². The average Bonchev–Trinajstić information content (AvgIpc) is 3.11. The van der Waals surface area contributed by atoms with Gasteiger partial charge < -0.3 is 25.8 Å². The van der Waals surface area contributed by atoms with Crippen LogP contribution in [0.15, 0.2) is 89.9 Å². The molecule has 0 aliphatic rings. The zero-order chi connectivity index (χ0) is 33.9. The molecule has 2 heterocycles. The number of carbonyl (C=O) groups is 1. The number of amides is 2. The van der Waals surface area contributed by atoms with Crippen molar-refractivity contribution in [2.75, 3.05) is 29.6 Å². The average molecular weight is 648 g/mol. The van der Waals surface area contributed by atoms with E-state index in [0.29, 0.717) is 67.5 Å². The third kappa shape index (κ3) is 8.22. The van der Waals surface area contributed by atoms with E-state index in [1.165, 1.54) is 0 Å². The van der Waals surface area contributed by atoms with Crippen molar-refractivity contribution < 1.29 is 14.3 Å². The molecule has 4 N–H and O–H groups in total. The Balaban J connectivity index is 1.45. The molecule has 0 radical (unpaired) electrons. The van der Waals surface area contributed by atoms with Gasteiger partial charge in [-0.2, -0.15) is 0 Å². The lowest BCUT2D eigenvalue weighted by atomic mass is 10.00. The maximum absolute atomic E-state index is 14.2. The van der Waals surface area contributed by atoms with Gasteiger partial charge in [0.25, 0.3) is 5.56 Å². The van der Waals surface area contributed by atoms with Crippen LogP contribution in [-0.2, 0) is 30.7 Å². The molecule has 9 heteroatoms. The van der Waals surface area contributed by atoms with Gasteiger partial charge in [-0.15, -0.1) is 0 Å². The van der Waals surface area contributed by atoms with Crippen molar-refractivity contribution in [1.82, 2.24) is 9.55 Å². The van der Waals surface area contributed by atoms with E-state index >= 15 is 0 Å². The van der Waals surface area contributed by atoms with Gasteiger partial charge in [0, 0.05) is 41.5 Å². The molecule has 0 unspecified atom stereocenters.